The Balaban J connectivity index is 1.73. The Bertz CT molecular complexity index is 1270. The molecule has 0 aliphatic carbocycles. The van der Waals surface area contributed by atoms with E-state index in [2.05, 4.69) is 27.9 Å². The van der Waals surface area contributed by atoms with E-state index in [4.69, 9.17) is 25.8 Å². The van der Waals surface area contributed by atoms with E-state index >= 15 is 0 Å². The van der Waals surface area contributed by atoms with E-state index < -0.39 is 29.6 Å². The number of anilines is 1. The Hall–Kier alpha value is -2.77. The Labute approximate surface area is 237 Å². The molecule has 2 aromatic carbocycles. The van der Waals surface area contributed by atoms with E-state index in [1.54, 1.807) is 25.3 Å². The number of benzene rings is 2. The number of halogens is 2. The standard InChI is InChI=1S/C25H24ClIN2O7S/c1-4-8-36-24(32)16-12-15(6-7-17(16)26)28-21(30)13-29-23(31)20(37-25(29)33)11-14-9-18(27)22(34-3)19(10-14)35-5-2/h6-7,9-12H,4-5,8,13H2,1-3H3,(H,28,30)/b20-11+. The van der Waals surface area contributed by atoms with E-state index in [1.165, 1.54) is 18.2 Å². The minimum absolute atomic E-state index is 0.0996. The molecule has 0 radical (unpaired) electrons. The van der Waals surface area contributed by atoms with Gasteiger partial charge in [-0.25, -0.2) is 4.79 Å². The summed E-state index contributed by atoms with van der Waals surface area (Å²) in [7, 11) is 1.54. The molecule has 0 bridgehead atoms. The second-order valence-corrected chi connectivity index (χ2v) is 10.2. The van der Waals surface area contributed by atoms with Gasteiger partial charge in [0, 0.05) is 5.69 Å². The SMILES string of the molecule is CCCOC(=O)c1cc(NC(=O)CN2C(=O)S/C(=C/c3cc(I)c(OC)c(OCC)c3)C2=O)ccc1Cl. The molecule has 1 fully saturated rings. The van der Waals surface area contributed by atoms with Crippen LogP contribution in [0.4, 0.5) is 10.5 Å². The number of imide groups is 1. The first-order valence-electron chi connectivity index (χ1n) is 11.2. The summed E-state index contributed by atoms with van der Waals surface area (Å²) in [5, 5.41) is 2.19. The fraction of sp³-hybridized carbons (Fsp3) is 0.280. The van der Waals surface area contributed by atoms with Gasteiger partial charge in [0.25, 0.3) is 11.1 Å². The zero-order chi connectivity index (χ0) is 27.1. The summed E-state index contributed by atoms with van der Waals surface area (Å²) in [6.45, 7) is 3.88. The van der Waals surface area contributed by atoms with Gasteiger partial charge in [0.15, 0.2) is 11.5 Å². The number of carbonyl (C=O) groups excluding carboxylic acids is 4. The van der Waals surface area contributed by atoms with Gasteiger partial charge in [0.2, 0.25) is 5.91 Å². The molecule has 1 aliphatic rings. The lowest BCUT2D eigenvalue weighted by Crippen LogP contribution is -2.36. The molecule has 0 atom stereocenters. The van der Waals surface area contributed by atoms with Crippen LogP contribution in [0.1, 0.15) is 36.2 Å². The van der Waals surface area contributed by atoms with Crippen LogP contribution in [0.5, 0.6) is 11.5 Å². The van der Waals surface area contributed by atoms with Crippen LogP contribution < -0.4 is 14.8 Å². The van der Waals surface area contributed by atoms with Crippen molar-refractivity contribution in [1.82, 2.24) is 4.90 Å². The first-order chi connectivity index (χ1) is 17.7. The van der Waals surface area contributed by atoms with E-state index in [-0.39, 0.29) is 27.8 Å². The summed E-state index contributed by atoms with van der Waals surface area (Å²) >= 11 is 8.92. The van der Waals surface area contributed by atoms with Gasteiger partial charge in [-0.2, -0.15) is 0 Å². The molecule has 0 saturated carbocycles. The van der Waals surface area contributed by atoms with Crippen LogP contribution in [-0.4, -0.2) is 54.8 Å². The van der Waals surface area contributed by atoms with Crippen LogP contribution in [-0.2, 0) is 14.3 Å². The topological polar surface area (TPSA) is 111 Å². The predicted molar refractivity (Wildman–Crippen MR) is 150 cm³/mol. The molecule has 1 heterocycles. The van der Waals surface area contributed by atoms with E-state index in [9.17, 15) is 19.2 Å². The molecule has 1 aliphatic heterocycles. The number of rotatable bonds is 10. The van der Waals surface area contributed by atoms with Crippen molar-refractivity contribution >= 4 is 80.7 Å². The zero-order valence-electron chi connectivity index (χ0n) is 20.3. The van der Waals surface area contributed by atoms with E-state index in [0.29, 0.717) is 30.1 Å². The molecule has 1 N–H and O–H groups in total. The lowest BCUT2D eigenvalue weighted by molar-refractivity contribution is -0.127. The number of thioether (sulfide) groups is 1. The molecule has 12 heteroatoms. The van der Waals surface area contributed by atoms with Crippen molar-refractivity contribution in [3.05, 3.63) is 55.0 Å². The maximum atomic E-state index is 12.9. The van der Waals surface area contributed by atoms with Gasteiger partial charge in [-0.3, -0.25) is 19.3 Å². The smallest absolute Gasteiger partial charge is 0.339 e. The number of carbonyl (C=O) groups is 4. The molecular weight excluding hydrogens is 635 g/mol. The number of nitrogens with one attached hydrogen (secondary N) is 1. The summed E-state index contributed by atoms with van der Waals surface area (Å²) in [4.78, 5) is 51.3. The van der Waals surface area contributed by atoms with E-state index in [1.807, 2.05) is 13.8 Å². The van der Waals surface area contributed by atoms with Crippen molar-refractivity contribution in [3.63, 3.8) is 0 Å². The Kier molecular flexibility index (Phi) is 10.2. The number of amides is 3. The maximum Gasteiger partial charge on any atom is 0.339 e. The predicted octanol–water partition coefficient (Wildman–Crippen LogP) is 5.59. The Morgan fingerprint density at radius 1 is 1.19 bits per heavy atom. The number of nitrogens with zero attached hydrogens (tertiary/aromatic N) is 1. The van der Waals surface area contributed by atoms with Crippen LogP contribution in [0.3, 0.4) is 0 Å². The maximum absolute atomic E-state index is 12.9. The number of esters is 1. The monoisotopic (exact) mass is 658 g/mol. The molecule has 0 unspecified atom stereocenters. The van der Waals surface area contributed by atoms with Crippen molar-refractivity contribution in [2.24, 2.45) is 0 Å². The van der Waals surface area contributed by atoms with Crippen LogP contribution in [0.25, 0.3) is 6.08 Å². The van der Waals surface area contributed by atoms with Gasteiger partial charge in [-0.1, -0.05) is 18.5 Å². The second kappa shape index (κ2) is 13.2. The fourth-order valence-corrected chi connectivity index (χ4v) is 5.17. The van der Waals surface area contributed by atoms with Crippen molar-refractivity contribution < 1.29 is 33.4 Å². The van der Waals surface area contributed by atoms with E-state index in [0.717, 1.165) is 20.2 Å². The quantitative estimate of drug-likeness (QED) is 0.200. The molecule has 2 aromatic rings. The van der Waals surface area contributed by atoms with Crippen molar-refractivity contribution in [2.75, 3.05) is 32.2 Å². The lowest BCUT2D eigenvalue weighted by atomic mass is 10.2. The summed E-state index contributed by atoms with van der Waals surface area (Å²) in [6.07, 6.45) is 2.22. The molecule has 0 aromatic heterocycles. The third-order valence-electron chi connectivity index (χ3n) is 4.92. The van der Waals surface area contributed by atoms with Gasteiger partial charge in [0.1, 0.15) is 6.54 Å². The fourth-order valence-electron chi connectivity index (χ4n) is 3.30. The largest absolute Gasteiger partial charge is 0.492 e. The first kappa shape index (κ1) is 28.8. The minimum Gasteiger partial charge on any atom is -0.492 e. The highest BCUT2D eigenvalue weighted by Crippen LogP contribution is 2.37. The van der Waals surface area contributed by atoms with Crippen molar-refractivity contribution in [1.29, 1.82) is 0 Å². The third-order valence-corrected chi connectivity index (χ3v) is 6.95. The number of hydrogen-bond acceptors (Lipinski definition) is 8. The Morgan fingerprint density at radius 3 is 2.62 bits per heavy atom. The molecule has 1 saturated heterocycles. The molecule has 196 valence electrons. The number of ether oxygens (including phenoxy) is 3. The van der Waals surface area contributed by atoms with Gasteiger partial charge < -0.3 is 19.5 Å². The van der Waals surface area contributed by atoms with Crippen LogP contribution in [0.15, 0.2) is 35.2 Å². The normalized spacial score (nSPS) is 14.2. The molecule has 9 nitrogen and oxygen atoms in total. The lowest BCUT2D eigenvalue weighted by Gasteiger charge is -2.13. The van der Waals surface area contributed by atoms with Crippen molar-refractivity contribution in [3.8, 4) is 11.5 Å². The van der Waals surface area contributed by atoms with Crippen LogP contribution in [0.2, 0.25) is 5.02 Å². The Morgan fingerprint density at radius 2 is 1.95 bits per heavy atom. The highest BCUT2D eigenvalue weighted by atomic mass is 127. The minimum atomic E-state index is -0.614. The van der Waals surface area contributed by atoms with Crippen molar-refractivity contribution in [2.45, 2.75) is 20.3 Å². The van der Waals surface area contributed by atoms with Gasteiger partial charge in [-0.05, 0) is 89.7 Å². The van der Waals surface area contributed by atoms with Crippen LogP contribution in [0, 0.1) is 3.57 Å². The third kappa shape index (κ3) is 7.17. The summed E-state index contributed by atoms with van der Waals surface area (Å²) in [5.41, 5.74) is 1.02. The number of hydrogen-bond donors (Lipinski definition) is 1. The summed E-state index contributed by atoms with van der Waals surface area (Å²) in [6, 6.07) is 7.86. The average Bonchev–Trinajstić information content (AvgIpc) is 3.11. The molecule has 3 rings (SSSR count). The van der Waals surface area contributed by atoms with Gasteiger partial charge in [0.05, 0.1) is 39.4 Å². The van der Waals surface area contributed by atoms with Gasteiger partial charge in [-0.15, -0.1) is 0 Å². The molecule has 0 spiro atoms. The highest BCUT2D eigenvalue weighted by Gasteiger charge is 2.36. The molecule has 37 heavy (non-hydrogen) atoms. The molecule has 3 amide bonds. The highest BCUT2D eigenvalue weighted by molar-refractivity contribution is 14.1. The molecular formula is C25H24ClIN2O7S. The van der Waals surface area contributed by atoms with Gasteiger partial charge >= 0.3 is 5.97 Å². The first-order valence-corrected chi connectivity index (χ1v) is 13.5. The van der Waals surface area contributed by atoms with Crippen LogP contribution >= 0.6 is 46.0 Å². The zero-order valence-corrected chi connectivity index (χ0v) is 24.0. The second-order valence-electron chi connectivity index (χ2n) is 7.61. The average molecular weight is 659 g/mol. The summed E-state index contributed by atoms with van der Waals surface area (Å²) < 4.78 is 16.9. The summed E-state index contributed by atoms with van der Waals surface area (Å²) in [5.74, 6) is -0.721. The number of methoxy groups -OCH3 is 1.